The van der Waals surface area contributed by atoms with Crippen LogP contribution in [0.3, 0.4) is 0 Å². The number of fused-ring (bicyclic) bond motifs is 6. The fourth-order valence-corrected chi connectivity index (χ4v) is 10.2. The molecule has 0 aliphatic heterocycles. The number of ether oxygens (including phenoxy) is 3. The highest BCUT2D eigenvalue weighted by Crippen LogP contribution is 2.32. The highest BCUT2D eigenvalue weighted by Gasteiger charge is 2.24. The Balaban J connectivity index is 0.000000247. The zero-order valence-electron chi connectivity index (χ0n) is 53.1. The second kappa shape index (κ2) is 35.5. The molecule has 0 amide bonds. The van der Waals surface area contributed by atoms with Crippen LogP contribution in [-0.2, 0) is 45.0 Å². The summed E-state index contributed by atoms with van der Waals surface area (Å²) in [4.78, 5) is 51.6. The largest absolute Gasteiger partial charge is 0.420 e. The normalized spacial score (nSPS) is 11.6. The first-order chi connectivity index (χ1) is 45.7. The number of carbonyl (C=O) groups excluding carboxylic acids is 2. The highest BCUT2D eigenvalue weighted by atomic mass is 19.2. The summed E-state index contributed by atoms with van der Waals surface area (Å²) in [6.07, 6.45) is 9.20. The van der Waals surface area contributed by atoms with Gasteiger partial charge in [0.1, 0.15) is 28.5 Å². The lowest BCUT2D eigenvalue weighted by atomic mass is 10.2. The van der Waals surface area contributed by atoms with Crippen LogP contribution < -0.4 is 37.5 Å². The Kier molecular flexibility index (Phi) is 26.3. The number of ketones is 1. The van der Waals surface area contributed by atoms with Crippen molar-refractivity contribution in [1.82, 2.24) is 39.7 Å². The number of pyridine rings is 2. The van der Waals surface area contributed by atoms with E-state index in [0.717, 1.165) is 126 Å². The van der Waals surface area contributed by atoms with E-state index in [1.165, 1.54) is 0 Å². The zero-order valence-corrected chi connectivity index (χ0v) is 53.1. The van der Waals surface area contributed by atoms with Gasteiger partial charge in [-0.1, -0.05) is 75.2 Å². The van der Waals surface area contributed by atoms with Crippen molar-refractivity contribution in [1.29, 1.82) is 10.5 Å². The minimum absolute atomic E-state index is 0.0221. The number of aliphatic imine (C=N–C) groups is 2. The minimum atomic E-state index is -1.81. The molecule has 9 aromatic rings. The Hall–Kier alpha value is -10.2. The molecule has 5 aromatic carbocycles. The summed E-state index contributed by atoms with van der Waals surface area (Å²) in [5.41, 5.74) is 20.4. The van der Waals surface area contributed by atoms with Crippen molar-refractivity contribution in [3.05, 3.63) is 149 Å². The number of nitriles is 2. The molecule has 8 N–H and O–H groups in total. The molecule has 0 saturated heterocycles. The minimum Gasteiger partial charge on any atom is -0.420 e. The number of carbonyl (C=O) groups is 2. The third kappa shape index (κ3) is 19.4. The molecule has 0 unspecified atom stereocenters. The van der Waals surface area contributed by atoms with E-state index in [1.807, 2.05) is 54.6 Å². The lowest BCUT2D eigenvalue weighted by molar-refractivity contribution is -0.136. The number of nitrogens with zero attached hydrogens (tertiary/aromatic N) is 10. The number of hydrogen-bond acceptors (Lipinski definition) is 15. The number of rotatable bonds is 31. The molecule has 4 heterocycles. The number of halogens is 4. The second-order valence-corrected chi connectivity index (χ2v) is 22.1. The number of aromatic nitrogens is 6. The van der Waals surface area contributed by atoms with E-state index in [9.17, 15) is 37.7 Å². The summed E-state index contributed by atoms with van der Waals surface area (Å²) in [5.74, 6) is -5.50. The van der Waals surface area contributed by atoms with E-state index in [-0.39, 0.29) is 31.6 Å². The number of aryl methyl sites for hydroxylation is 4. The molecular weight excluding hydrogens is 1210 g/mol. The van der Waals surface area contributed by atoms with Crippen LogP contribution in [0, 0.1) is 45.9 Å². The first kappa shape index (κ1) is 69.6. The lowest BCUT2D eigenvalue weighted by Gasteiger charge is -2.14. The Morgan fingerprint density at radius 3 is 1.48 bits per heavy atom. The first-order valence-electron chi connectivity index (χ1n) is 31.6. The quantitative estimate of drug-likeness (QED) is 0.00447. The number of imidazole rings is 2. The average molecular weight is 1290 g/mol. The summed E-state index contributed by atoms with van der Waals surface area (Å²) < 4.78 is 74.4. The molecular formula is C69H78F4N16O5. The van der Waals surface area contributed by atoms with Gasteiger partial charge in [0.25, 0.3) is 0 Å². The van der Waals surface area contributed by atoms with Crippen LogP contribution in [0.2, 0.25) is 0 Å². The van der Waals surface area contributed by atoms with Gasteiger partial charge in [-0.15, -0.1) is 0 Å². The van der Waals surface area contributed by atoms with Gasteiger partial charge in [-0.3, -0.25) is 19.6 Å². The van der Waals surface area contributed by atoms with Crippen molar-refractivity contribution in [2.75, 3.05) is 74.7 Å². The molecule has 0 fully saturated rings. The van der Waals surface area contributed by atoms with Crippen molar-refractivity contribution in [3.63, 3.8) is 0 Å². The van der Waals surface area contributed by atoms with Gasteiger partial charge >= 0.3 is 5.97 Å². The standard InChI is InChI=1S/C37H38F4N8O3.C32H40N8O2/c1-2-3-13-29-48-33-34(25-11-4-5-12-28(25)47-36(33)43)49(29)17-7-6-15-44-37(46-24-10-8-9-23(20-24)22-42)45-16-19-51-18-14-30(50)52-35-31(40)26(38)21-27(39)32(35)41;1-3-4-14-28-39-29-30(26-12-5-6-13-27(26)38-31(29)34)40(28)18-8-7-16-35-32(36-17-20-42-19-15-23(2)41)37-25-11-9-10-24(21-25)22-33/h4-5,8-12,20-21H,2-3,6-7,13-19H2,1H3,(H2,43,47)(H2,44,45,46);5-6,9-13,21H,3-4,7-8,14-20H2,1-2H3,(H2,34,38)(H2,35,36,37). The van der Waals surface area contributed by atoms with E-state index >= 15 is 0 Å². The average Bonchev–Trinajstić information content (AvgIpc) is 1.63. The molecule has 0 radical (unpaired) electrons. The third-order valence-electron chi connectivity index (χ3n) is 14.9. The second-order valence-electron chi connectivity index (χ2n) is 22.1. The number of nitrogens with one attached hydrogen (secondary N) is 4. The van der Waals surface area contributed by atoms with Gasteiger partial charge in [-0.05, 0) is 94.0 Å². The van der Waals surface area contributed by atoms with Crippen LogP contribution in [0.25, 0.3) is 43.9 Å². The molecule has 0 atom stereocenters. The van der Waals surface area contributed by atoms with Gasteiger partial charge < -0.3 is 56.1 Å². The van der Waals surface area contributed by atoms with Crippen LogP contribution in [0.4, 0.5) is 40.6 Å². The molecule has 0 bridgehead atoms. The Morgan fingerprint density at radius 2 is 1.03 bits per heavy atom. The predicted octanol–water partition coefficient (Wildman–Crippen LogP) is 12.0. The number of guanidine groups is 2. The number of hydrogen-bond donors (Lipinski definition) is 6. The van der Waals surface area contributed by atoms with Crippen molar-refractivity contribution >= 4 is 90.6 Å². The maximum atomic E-state index is 13.8. The fraction of sp³-hybridized carbons (Fsp3) is 0.362. The van der Waals surface area contributed by atoms with Crippen molar-refractivity contribution in [3.8, 4) is 17.9 Å². The van der Waals surface area contributed by atoms with Gasteiger partial charge in [0.15, 0.2) is 35.2 Å². The first-order valence-corrected chi connectivity index (χ1v) is 31.6. The number of Topliss-reactive ketones (excluding diaryl/α,β-unsaturated/α-hetero) is 1. The lowest BCUT2D eigenvalue weighted by Crippen LogP contribution is -2.34. The van der Waals surface area contributed by atoms with Crippen LogP contribution >= 0.6 is 0 Å². The van der Waals surface area contributed by atoms with Crippen molar-refractivity contribution in [2.24, 2.45) is 9.98 Å². The van der Waals surface area contributed by atoms with E-state index in [1.54, 1.807) is 43.3 Å². The molecule has 25 heteroatoms. The number of benzene rings is 5. The van der Waals surface area contributed by atoms with E-state index in [2.05, 4.69) is 77.2 Å². The van der Waals surface area contributed by atoms with Crippen molar-refractivity contribution in [2.45, 2.75) is 111 Å². The van der Waals surface area contributed by atoms with E-state index in [0.29, 0.717) is 91.7 Å². The van der Waals surface area contributed by atoms with Gasteiger partial charge in [-0.2, -0.15) is 19.3 Å². The maximum absolute atomic E-state index is 13.8. The molecule has 21 nitrogen and oxygen atoms in total. The van der Waals surface area contributed by atoms with Gasteiger partial charge in [-0.25, -0.2) is 28.7 Å². The number of para-hydroxylation sites is 2. The summed E-state index contributed by atoms with van der Waals surface area (Å²) in [7, 11) is 0. The molecule has 0 saturated carbocycles. The van der Waals surface area contributed by atoms with E-state index in [4.69, 9.17) is 40.9 Å². The van der Waals surface area contributed by atoms with Crippen LogP contribution in [-0.4, -0.2) is 105 Å². The molecule has 0 spiro atoms. The molecule has 9 rings (SSSR count). The van der Waals surface area contributed by atoms with Gasteiger partial charge in [0.2, 0.25) is 17.4 Å². The third-order valence-corrected chi connectivity index (χ3v) is 14.9. The SMILES string of the molecule is CCCCc1nc2c(N)nc3ccccc3c2n1CCCCN=C(NCCOCCC(=O)Oc1c(F)c(F)cc(F)c1F)Nc1cccc(C#N)c1.CCCCc1nc2c(N)nc3ccccc3c2n1CCCCN=C(NCCOCCC(C)=O)Nc1cccc(C#N)c1. The number of unbranched alkanes of at least 4 members (excludes halogenated alkanes) is 4. The molecule has 0 aliphatic carbocycles. The molecule has 492 valence electrons. The van der Waals surface area contributed by atoms with E-state index < -0.39 is 41.4 Å². The summed E-state index contributed by atoms with van der Waals surface area (Å²) in [6.45, 7) is 10.0. The number of nitrogen functional groups attached to an aromatic ring is 2. The summed E-state index contributed by atoms with van der Waals surface area (Å²) in [6, 6.07) is 34.5. The van der Waals surface area contributed by atoms with Crippen LogP contribution in [0.15, 0.2) is 113 Å². The van der Waals surface area contributed by atoms with Gasteiger partial charge in [0.05, 0.1) is 78.2 Å². The molecule has 94 heavy (non-hydrogen) atoms. The van der Waals surface area contributed by atoms with Crippen LogP contribution in [0.1, 0.15) is 108 Å². The fourth-order valence-electron chi connectivity index (χ4n) is 10.2. The Morgan fingerprint density at radius 1 is 0.574 bits per heavy atom. The Bertz CT molecular complexity index is 4190. The van der Waals surface area contributed by atoms with Gasteiger partial charge in [0, 0.05) is 86.7 Å². The Labute approximate surface area is 542 Å². The molecule has 4 aromatic heterocycles. The van der Waals surface area contributed by atoms with Crippen LogP contribution in [0.5, 0.6) is 5.75 Å². The monoisotopic (exact) mass is 1290 g/mol. The summed E-state index contributed by atoms with van der Waals surface area (Å²) >= 11 is 0. The maximum Gasteiger partial charge on any atom is 0.313 e. The topological polar surface area (TPSA) is 296 Å². The highest BCUT2D eigenvalue weighted by molar-refractivity contribution is 6.07. The smallest absolute Gasteiger partial charge is 0.313 e. The van der Waals surface area contributed by atoms with Crippen molar-refractivity contribution < 1.29 is 41.4 Å². The number of anilines is 4. The predicted molar refractivity (Wildman–Crippen MR) is 358 cm³/mol. The number of nitrogens with two attached hydrogens (primary N) is 2. The zero-order chi connectivity index (χ0) is 66.8. The molecule has 0 aliphatic rings. The summed E-state index contributed by atoms with van der Waals surface area (Å²) in [5, 5.41) is 33.6. The number of esters is 1.